The summed E-state index contributed by atoms with van der Waals surface area (Å²) in [6, 6.07) is 2.27. The number of rotatable bonds is 7. The molecule has 0 saturated heterocycles. The number of aryl methyl sites for hydroxylation is 1. The molecule has 16 heavy (non-hydrogen) atoms. The minimum Gasteiger partial charge on any atom is -0.377 e. The zero-order valence-electron chi connectivity index (χ0n) is 10.8. The fraction of sp³-hybridized carbons (Fsp3) is 0.692. The standard InChI is InChI=1S/C13H23NOS/c1-5-15-9-12-6-13(16-11(12)4)8-14-7-10(2)3/h6,10,14H,5,7-9H2,1-4H3. The molecule has 0 saturated carbocycles. The smallest absolute Gasteiger partial charge is 0.0727 e. The lowest BCUT2D eigenvalue weighted by molar-refractivity contribution is 0.134. The van der Waals surface area contributed by atoms with Crippen molar-refractivity contribution in [3.63, 3.8) is 0 Å². The van der Waals surface area contributed by atoms with Gasteiger partial charge in [0, 0.05) is 22.9 Å². The van der Waals surface area contributed by atoms with Gasteiger partial charge in [-0.05, 0) is 37.9 Å². The van der Waals surface area contributed by atoms with Gasteiger partial charge in [0.15, 0.2) is 0 Å². The minimum atomic E-state index is 0.712. The van der Waals surface area contributed by atoms with Crippen LogP contribution in [0.4, 0.5) is 0 Å². The Hall–Kier alpha value is -0.380. The highest BCUT2D eigenvalue weighted by atomic mass is 32.1. The maximum absolute atomic E-state index is 5.44. The highest BCUT2D eigenvalue weighted by Crippen LogP contribution is 2.22. The van der Waals surface area contributed by atoms with Gasteiger partial charge in [-0.15, -0.1) is 11.3 Å². The first-order valence-corrected chi connectivity index (χ1v) is 6.81. The second kappa shape index (κ2) is 7.05. The van der Waals surface area contributed by atoms with E-state index in [4.69, 9.17) is 4.74 Å². The van der Waals surface area contributed by atoms with Gasteiger partial charge < -0.3 is 10.1 Å². The Morgan fingerprint density at radius 1 is 1.44 bits per heavy atom. The van der Waals surface area contributed by atoms with Gasteiger partial charge in [0.05, 0.1) is 6.61 Å². The molecule has 0 spiro atoms. The van der Waals surface area contributed by atoms with Gasteiger partial charge in [0.25, 0.3) is 0 Å². The fourth-order valence-corrected chi connectivity index (χ4v) is 2.53. The zero-order chi connectivity index (χ0) is 12.0. The van der Waals surface area contributed by atoms with Gasteiger partial charge >= 0.3 is 0 Å². The van der Waals surface area contributed by atoms with E-state index in [1.807, 2.05) is 18.3 Å². The molecule has 3 heteroatoms. The van der Waals surface area contributed by atoms with Crippen LogP contribution in [0, 0.1) is 12.8 Å². The van der Waals surface area contributed by atoms with Crippen molar-refractivity contribution in [3.05, 3.63) is 21.4 Å². The Balaban J connectivity index is 2.42. The monoisotopic (exact) mass is 241 g/mol. The zero-order valence-corrected chi connectivity index (χ0v) is 11.6. The first-order valence-electron chi connectivity index (χ1n) is 6.00. The molecular formula is C13H23NOS. The van der Waals surface area contributed by atoms with E-state index < -0.39 is 0 Å². The van der Waals surface area contributed by atoms with E-state index in [1.54, 1.807) is 0 Å². The third-order valence-corrected chi connectivity index (χ3v) is 3.48. The SMILES string of the molecule is CCOCc1cc(CNCC(C)C)sc1C. The van der Waals surface area contributed by atoms with Crippen LogP contribution in [0.3, 0.4) is 0 Å². The van der Waals surface area contributed by atoms with Gasteiger partial charge in [-0.2, -0.15) is 0 Å². The van der Waals surface area contributed by atoms with Crippen molar-refractivity contribution in [2.24, 2.45) is 5.92 Å². The lowest BCUT2D eigenvalue weighted by atomic mass is 10.2. The molecule has 0 aliphatic heterocycles. The van der Waals surface area contributed by atoms with E-state index in [9.17, 15) is 0 Å². The van der Waals surface area contributed by atoms with Crippen LogP contribution in [0.15, 0.2) is 6.07 Å². The molecule has 0 amide bonds. The highest BCUT2D eigenvalue weighted by molar-refractivity contribution is 7.12. The van der Waals surface area contributed by atoms with Crippen molar-refractivity contribution in [2.75, 3.05) is 13.2 Å². The predicted molar refractivity (Wildman–Crippen MR) is 70.9 cm³/mol. The molecule has 1 N–H and O–H groups in total. The molecule has 1 heterocycles. The molecule has 0 bridgehead atoms. The molecule has 2 nitrogen and oxygen atoms in total. The van der Waals surface area contributed by atoms with Crippen molar-refractivity contribution in [1.82, 2.24) is 5.32 Å². The number of thiophene rings is 1. The molecule has 1 rings (SSSR count). The lowest BCUT2D eigenvalue weighted by Crippen LogP contribution is -2.18. The van der Waals surface area contributed by atoms with Crippen LogP contribution in [0.1, 0.15) is 36.1 Å². The average molecular weight is 241 g/mol. The quantitative estimate of drug-likeness (QED) is 0.790. The summed E-state index contributed by atoms with van der Waals surface area (Å²) >= 11 is 1.87. The van der Waals surface area contributed by atoms with Crippen LogP contribution >= 0.6 is 11.3 Å². The maximum atomic E-state index is 5.44. The van der Waals surface area contributed by atoms with E-state index in [-0.39, 0.29) is 0 Å². The van der Waals surface area contributed by atoms with Gasteiger partial charge in [-0.1, -0.05) is 13.8 Å². The molecule has 92 valence electrons. The Labute approximate surface area is 103 Å². The minimum absolute atomic E-state index is 0.712. The largest absolute Gasteiger partial charge is 0.377 e. The Morgan fingerprint density at radius 3 is 2.81 bits per heavy atom. The van der Waals surface area contributed by atoms with Crippen LogP contribution < -0.4 is 5.32 Å². The third-order valence-electron chi connectivity index (χ3n) is 2.39. The van der Waals surface area contributed by atoms with Crippen molar-refractivity contribution in [3.8, 4) is 0 Å². The summed E-state index contributed by atoms with van der Waals surface area (Å²) in [5, 5.41) is 3.47. The molecule has 1 aromatic heterocycles. The van der Waals surface area contributed by atoms with Crippen LogP contribution in [-0.4, -0.2) is 13.2 Å². The Morgan fingerprint density at radius 2 is 2.19 bits per heavy atom. The Kier molecular flexibility index (Phi) is 6.03. The summed E-state index contributed by atoms with van der Waals surface area (Å²) in [7, 11) is 0. The molecule has 0 aliphatic carbocycles. The van der Waals surface area contributed by atoms with Crippen molar-refractivity contribution >= 4 is 11.3 Å². The second-order valence-corrected chi connectivity index (χ2v) is 5.80. The van der Waals surface area contributed by atoms with Crippen molar-refractivity contribution in [2.45, 2.75) is 40.8 Å². The van der Waals surface area contributed by atoms with E-state index in [0.29, 0.717) is 5.92 Å². The molecular weight excluding hydrogens is 218 g/mol. The summed E-state index contributed by atoms with van der Waals surface area (Å²) in [5.41, 5.74) is 1.34. The molecule has 1 aromatic rings. The number of hydrogen-bond donors (Lipinski definition) is 1. The van der Waals surface area contributed by atoms with Gasteiger partial charge in [0.2, 0.25) is 0 Å². The normalized spacial score (nSPS) is 11.3. The summed E-state index contributed by atoms with van der Waals surface area (Å²) in [6.07, 6.45) is 0. The molecule has 0 atom stereocenters. The second-order valence-electron chi connectivity index (χ2n) is 4.46. The van der Waals surface area contributed by atoms with Crippen LogP contribution in [0.25, 0.3) is 0 Å². The fourth-order valence-electron chi connectivity index (χ4n) is 1.51. The van der Waals surface area contributed by atoms with E-state index in [1.165, 1.54) is 15.3 Å². The van der Waals surface area contributed by atoms with E-state index in [0.717, 1.165) is 26.3 Å². The Bertz CT molecular complexity index is 307. The van der Waals surface area contributed by atoms with Crippen molar-refractivity contribution in [1.29, 1.82) is 0 Å². The van der Waals surface area contributed by atoms with Gasteiger partial charge in [-0.3, -0.25) is 0 Å². The summed E-state index contributed by atoms with van der Waals surface area (Å²) in [5.74, 6) is 0.712. The summed E-state index contributed by atoms with van der Waals surface area (Å²) in [4.78, 5) is 2.79. The van der Waals surface area contributed by atoms with Gasteiger partial charge in [0.1, 0.15) is 0 Å². The average Bonchev–Trinajstić information content (AvgIpc) is 2.56. The first-order chi connectivity index (χ1) is 7.63. The number of nitrogens with one attached hydrogen (secondary N) is 1. The van der Waals surface area contributed by atoms with E-state index >= 15 is 0 Å². The topological polar surface area (TPSA) is 21.3 Å². The van der Waals surface area contributed by atoms with Gasteiger partial charge in [-0.25, -0.2) is 0 Å². The lowest BCUT2D eigenvalue weighted by Gasteiger charge is -2.05. The molecule has 0 aromatic carbocycles. The first kappa shape index (κ1) is 13.7. The summed E-state index contributed by atoms with van der Waals surface area (Å²) < 4.78 is 5.44. The molecule has 0 fully saturated rings. The predicted octanol–water partition coefficient (Wildman–Crippen LogP) is 3.34. The van der Waals surface area contributed by atoms with Crippen LogP contribution in [0.2, 0.25) is 0 Å². The molecule has 0 aliphatic rings. The summed E-state index contributed by atoms with van der Waals surface area (Å²) in [6.45, 7) is 12.3. The highest BCUT2D eigenvalue weighted by Gasteiger charge is 2.05. The maximum Gasteiger partial charge on any atom is 0.0727 e. The van der Waals surface area contributed by atoms with Crippen LogP contribution in [0.5, 0.6) is 0 Å². The van der Waals surface area contributed by atoms with Crippen LogP contribution in [-0.2, 0) is 17.9 Å². The number of ether oxygens (including phenoxy) is 1. The molecule has 0 unspecified atom stereocenters. The number of hydrogen-bond acceptors (Lipinski definition) is 3. The van der Waals surface area contributed by atoms with E-state index in [2.05, 4.69) is 32.2 Å². The third kappa shape index (κ3) is 4.64. The molecule has 0 radical (unpaired) electrons. The van der Waals surface area contributed by atoms with Crippen molar-refractivity contribution < 1.29 is 4.74 Å².